The van der Waals surface area contributed by atoms with Crippen LogP contribution < -0.4 is 10.6 Å². The van der Waals surface area contributed by atoms with E-state index >= 15 is 0 Å². The van der Waals surface area contributed by atoms with E-state index in [2.05, 4.69) is 17.6 Å². The highest BCUT2D eigenvalue weighted by Crippen LogP contribution is 2.22. The standard InChI is InChI=1S/C14H21ClN2O/c1-3-4-5-9-16-14(18)10-17-13-8-6-7-12(15)11(13)2/h6-8,17H,3-5,9-10H2,1-2H3,(H,16,18). The second-order valence-electron chi connectivity index (χ2n) is 4.32. The molecule has 0 atom stereocenters. The fourth-order valence-corrected chi connectivity index (χ4v) is 1.81. The first-order valence-corrected chi connectivity index (χ1v) is 6.78. The number of rotatable bonds is 7. The normalized spacial score (nSPS) is 10.2. The van der Waals surface area contributed by atoms with Gasteiger partial charge in [0.05, 0.1) is 6.54 Å². The van der Waals surface area contributed by atoms with Crippen molar-refractivity contribution in [1.82, 2.24) is 5.32 Å². The monoisotopic (exact) mass is 268 g/mol. The number of carbonyl (C=O) groups is 1. The van der Waals surface area contributed by atoms with Crippen molar-refractivity contribution in [2.45, 2.75) is 33.1 Å². The second kappa shape index (κ2) is 7.98. The van der Waals surface area contributed by atoms with E-state index in [0.29, 0.717) is 5.02 Å². The van der Waals surface area contributed by atoms with Crippen LogP contribution in [0.1, 0.15) is 31.7 Å². The van der Waals surface area contributed by atoms with E-state index in [9.17, 15) is 4.79 Å². The molecule has 1 amide bonds. The molecule has 0 aliphatic heterocycles. The van der Waals surface area contributed by atoms with Gasteiger partial charge < -0.3 is 10.6 Å². The SMILES string of the molecule is CCCCCNC(=O)CNc1cccc(Cl)c1C. The fraction of sp³-hybridized carbons (Fsp3) is 0.500. The third-order valence-electron chi connectivity index (χ3n) is 2.81. The van der Waals surface area contributed by atoms with Gasteiger partial charge in [-0.1, -0.05) is 37.4 Å². The molecule has 0 aromatic heterocycles. The number of unbranched alkanes of at least 4 members (excludes halogenated alkanes) is 2. The Bertz CT molecular complexity index is 393. The van der Waals surface area contributed by atoms with Gasteiger partial charge in [-0.15, -0.1) is 0 Å². The Morgan fingerprint density at radius 2 is 2.11 bits per heavy atom. The van der Waals surface area contributed by atoms with Crippen LogP contribution in [0, 0.1) is 6.92 Å². The van der Waals surface area contributed by atoms with E-state index in [4.69, 9.17) is 11.6 Å². The summed E-state index contributed by atoms with van der Waals surface area (Å²) in [6, 6.07) is 5.63. The molecule has 4 heteroatoms. The predicted octanol–water partition coefficient (Wildman–Crippen LogP) is 3.37. The first-order chi connectivity index (χ1) is 8.65. The Labute approximate surface area is 114 Å². The van der Waals surface area contributed by atoms with Crippen LogP contribution in [0.3, 0.4) is 0 Å². The summed E-state index contributed by atoms with van der Waals surface area (Å²) in [4.78, 5) is 11.6. The summed E-state index contributed by atoms with van der Waals surface area (Å²) in [6.45, 7) is 5.12. The molecule has 0 fully saturated rings. The summed E-state index contributed by atoms with van der Waals surface area (Å²) in [5, 5.41) is 6.70. The van der Waals surface area contributed by atoms with Gasteiger partial charge in [0.1, 0.15) is 0 Å². The van der Waals surface area contributed by atoms with Crippen LogP contribution in [0.5, 0.6) is 0 Å². The Balaban J connectivity index is 2.32. The van der Waals surface area contributed by atoms with Crippen LogP contribution in [0.25, 0.3) is 0 Å². The summed E-state index contributed by atoms with van der Waals surface area (Å²) in [6.07, 6.45) is 3.36. The van der Waals surface area contributed by atoms with Gasteiger partial charge in [-0.05, 0) is 31.0 Å². The minimum absolute atomic E-state index is 0.0190. The number of hydrogen-bond donors (Lipinski definition) is 2. The quantitative estimate of drug-likeness (QED) is 0.745. The predicted molar refractivity (Wildman–Crippen MR) is 77.2 cm³/mol. The van der Waals surface area contributed by atoms with E-state index in [0.717, 1.165) is 37.1 Å². The van der Waals surface area contributed by atoms with E-state index in [1.807, 2.05) is 25.1 Å². The van der Waals surface area contributed by atoms with Crippen LogP contribution in [-0.4, -0.2) is 19.0 Å². The highest BCUT2D eigenvalue weighted by atomic mass is 35.5. The van der Waals surface area contributed by atoms with Gasteiger partial charge in [-0.25, -0.2) is 0 Å². The number of hydrogen-bond acceptors (Lipinski definition) is 2. The maximum Gasteiger partial charge on any atom is 0.239 e. The number of halogens is 1. The van der Waals surface area contributed by atoms with Crippen molar-refractivity contribution in [3.8, 4) is 0 Å². The third kappa shape index (κ3) is 4.96. The highest BCUT2D eigenvalue weighted by molar-refractivity contribution is 6.31. The van der Waals surface area contributed by atoms with Crippen molar-refractivity contribution in [1.29, 1.82) is 0 Å². The summed E-state index contributed by atoms with van der Waals surface area (Å²) in [7, 11) is 0. The molecular formula is C14H21ClN2O. The molecule has 0 heterocycles. The third-order valence-corrected chi connectivity index (χ3v) is 3.22. The Morgan fingerprint density at radius 1 is 1.33 bits per heavy atom. The molecule has 0 saturated heterocycles. The molecular weight excluding hydrogens is 248 g/mol. The molecule has 0 aliphatic rings. The van der Waals surface area contributed by atoms with Crippen LogP contribution in [0.2, 0.25) is 5.02 Å². The van der Waals surface area contributed by atoms with Crippen molar-refractivity contribution in [2.75, 3.05) is 18.4 Å². The molecule has 0 radical (unpaired) electrons. The number of anilines is 1. The average Bonchev–Trinajstić information content (AvgIpc) is 2.36. The molecule has 18 heavy (non-hydrogen) atoms. The molecule has 1 rings (SSSR count). The molecule has 0 bridgehead atoms. The molecule has 1 aromatic carbocycles. The topological polar surface area (TPSA) is 41.1 Å². The first-order valence-electron chi connectivity index (χ1n) is 6.40. The molecule has 1 aromatic rings. The first kappa shape index (κ1) is 14.8. The zero-order valence-electron chi connectivity index (χ0n) is 11.1. The lowest BCUT2D eigenvalue weighted by atomic mass is 10.2. The van der Waals surface area contributed by atoms with Gasteiger partial charge in [-0.3, -0.25) is 4.79 Å². The maximum atomic E-state index is 11.6. The maximum absolute atomic E-state index is 11.6. The van der Waals surface area contributed by atoms with Gasteiger partial charge in [-0.2, -0.15) is 0 Å². The summed E-state index contributed by atoms with van der Waals surface area (Å²) < 4.78 is 0. The minimum atomic E-state index is 0.0190. The van der Waals surface area contributed by atoms with Crippen LogP contribution in [-0.2, 0) is 4.79 Å². The lowest BCUT2D eigenvalue weighted by Crippen LogP contribution is -2.30. The molecule has 3 nitrogen and oxygen atoms in total. The smallest absolute Gasteiger partial charge is 0.239 e. The van der Waals surface area contributed by atoms with E-state index in [1.54, 1.807) is 0 Å². The van der Waals surface area contributed by atoms with Crippen molar-refractivity contribution >= 4 is 23.2 Å². The number of amides is 1. The van der Waals surface area contributed by atoms with Crippen LogP contribution in [0.15, 0.2) is 18.2 Å². The molecule has 0 aliphatic carbocycles. The van der Waals surface area contributed by atoms with Gasteiger partial charge in [0.2, 0.25) is 5.91 Å². The van der Waals surface area contributed by atoms with Crippen molar-refractivity contribution < 1.29 is 4.79 Å². The molecule has 2 N–H and O–H groups in total. The van der Waals surface area contributed by atoms with Crippen molar-refractivity contribution in [3.05, 3.63) is 28.8 Å². The fourth-order valence-electron chi connectivity index (χ4n) is 1.64. The van der Waals surface area contributed by atoms with E-state index in [1.165, 1.54) is 0 Å². The number of carbonyl (C=O) groups excluding carboxylic acids is 1. The van der Waals surface area contributed by atoms with Gasteiger partial charge in [0.25, 0.3) is 0 Å². The molecule has 0 saturated carbocycles. The number of benzene rings is 1. The van der Waals surface area contributed by atoms with E-state index in [-0.39, 0.29) is 12.5 Å². The Hall–Kier alpha value is -1.22. The summed E-state index contributed by atoms with van der Waals surface area (Å²) >= 11 is 6.01. The highest BCUT2D eigenvalue weighted by Gasteiger charge is 2.04. The van der Waals surface area contributed by atoms with Crippen LogP contribution >= 0.6 is 11.6 Å². The minimum Gasteiger partial charge on any atom is -0.376 e. The van der Waals surface area contributed by atoms with Gasteiger partial charge in [0, 0.05) is 17.3 Å². The van der Waals surface area contributed by atoms with E-state index < -0.39 is 0 Å². The van der Waals surface area contributed by atoms with Crippen molar-refractivity contribution in [3.63, 3.8) is 0 Å². The molecule has 0 unspecified atom stereocenters. The molecule has 0 spiro atoms. The zero-order valence-corrected chi connectivity index (χ0v) is 11.8. The van der Waals surface area contributed by atoms with Gasteiger partial charge >= 0.3 is 0 Å². The average molecular weight is 269 g/mol. The summed E-state index contributed by atoms with van der Waals surface area (Å²) in [5.41, 5.74) is 1.88. The Kier molecular flexibility index (Phi) is 6.58. The summed E-state index contributed by atoms with van der Waals surface area (Å²) in [5.74, 6) is 0.0190. The largest absolute Gasteiger partial charge is 0.376 e. The second-order valence-corrected chi connectivity index (χ2v) is 4.73. The Morgan fingerprint density at radius 3 is 2.83 bits per heavy atom. The zero-order chi connectivity index (χ0) is 13.4. The number of nitrogens with one attached hydrogen (secondary N) is 2. The van der Waals surface area contributed by atoms with Crippen LogP contribution in [0.4, 0.5) is 5.69 Å². The lowest BCUT2D eigenvalue weighted by Gasteiger charge is -2.10. The van der Waals surface area contributed by atoms with Crippen molar-refractivity contribution in [2.24, 2.45) is 0 Å². The lowest BCUT2D eigenvalue weighted by molar-refractivity contribution is -0.119. The molecule has 100 valence electrons. The van der Waals surface area contributed by atoms with Gasteiger partial charge in [0.15, 0.2) is 0 Å².